The number of benzene rings is 1. The molecule has 116 valence electrons. The zero-order valence-electron chi connectivity index (χ0n) is 12.6. The van der Waals surface area contributed by atoms with E-state index in [1.54, 1.807) is 41.9 Å². The van der Waals surface area contributed by atoms with E-state index in [-0.39, 0.29) is 11.8 Å². The second-order valence-corrected chi connectivity index (χ2v) is 5.57. The molecule has 0 fully saturated rings. The van der Waals surface area contributed by atoms with Crippen LogP contribution in [0.15, 0.2) is 30.3 Å². The summed E-state index contributed by atoms with van der Waals surface area (Å²) in [4.78, 5) is 22.8. The quantitative estimate of drug-likeness (QED) is 0.850. The molecule has 7 heteroatoms. The van der Waals surface area contributed by atoms with Gasteiger partial charge in [-0.05, 0) is 38.1 Å². The molecule has 1 aromatic carbocycles. The summed E-state index contributed by atoms with van der Waals surface area (Å²) in [6.07, 6.45) is 0. The fourth-order valence-electron chi connectivity index (χ4n) is 1.89. The molecule has 0 saturated carbocycles. The molecule has 1 unspecified atom stereocenters. The first kappa shape index (κ1) is 16.0. The molecule has 0 aliphatic rings. The summed E-state index contributed by atoms with van der Waals surface area (Å²) in [5.74, 6) is 0.167. The molecule has 0 aliphatic carbocycles. The van der Waals surface area contributed by atoms with Crippen molar-refractivity contribution in [3.8, 4) is 5.69 Å². The zero-order chi connectivity index (χ0) is 16.3. The molecule has 0 saturated heterocycles. The molecule has 0 spiro atoms. The number of carbonyl (C=O) groups excluding carboxylic acids is 2. The molecule has 2 aromatic rings. The molecule has 1 atom stereocenters. The van der Waals surface area contributed by atoms with Crippen molar-refractivity contribution in [2.24, 2.45) is 0 Å². The summed E-state index contributed by atoms with van der Waals surface area (Å²) in [5, 5.41) is 9.18. The zero-order valence-corrected chi connectivity index (χ0v) is 13.3. The van der Waals surface area contributed by atoms with Crippen molar-refractivity contribution in [2.75, 3.05) is 10.6 Å². The van der Waals surface area contributed by atoms with Crippen molar-refractivity contribution in [2.45, 2.75) is 26.1 Å². The number of hydrogen-bond donors (Lipinski definition) is 2. The SMILES string of the molecule is CC(=O)Nc1cc(C)nn1-c1ccc(NC(=O)C(C)Cl)cc1. The average molecular weight is 321 g/mol. The van der Waals surface area contributed by atoms with Gasteiger partial charge in [0.25, 0.3) is 0 Å². The number of carbonyl (C=O) groups is 2. The molecule has 0 bridgehead atoms. The molecule has 1 aromatic heterocycles. The van der Waals surface area contributed by atoms with Crippen LogP contribution in [0, 0.1) is 6.92 Å². The van der Waals surface area contributed by atoms with Crippen LogP contribution in [-0.2, 0) is 9.59 Å². The highest BCUT2D eigenvalue weighted by Crippen LogP contribution is 2.19. The standard InChI is InChI=1S/C15H17ClN4O2/c1-9-8-14(17-11(3)21)20(19-9)13-6-4-12(5-7-13)18-15(22)10(2)16/h4-8,10H,1-3H3,(H,17,21)(H,18,22). The maximum atomic E-state index is 11.5. The Kier molecular flexibility index (Phi) is 4.82. The lowest BCUT2D eigenvalue weighted by molar-refractivity contribution is -0.116. The van der Waals surface area contributed by atoms with E-state index in [0.717, 1.165) is 11.4 Å². The predicted octanol–water partition coefficient (Wildman–Crippen LogP) is 2.70. The Balaban J connectivity index is 2.24. The number of amides is 2. The van der Waals surface area contributed by atoms with Gasteiger partial charge in [0.15, 0.2) is 0 Å². The second-order valence-electron chi connectivity index (χ2n) is 4.92. The molecule has 2 amide bonds. The average Bonchev–Trinajstić information content (AvgIpc) is 2.79. The number of halogens is 1. The topological polar surface area (TPSA) is 76.0 Å². The lowest BCUT2D eigenvalue weighted by Crippen LogP contribution is -2.20. The van der Waals surface area contributed by atoms with E-state index >= 15 is 0 Å². The van der Waals surface area contributed by atoms with Crippen LogP contribution in [0.4, 0.5) is 11.5 Å². The third-order valence-corrected chi connectivity index (χ3v) is 3.07. The molecule has 2 rings (SSSR count). The summed E-state index contributed by atoms with van der Waals surface area (Å²) in [7, 11) is 0. The summed E-state index contributed by atoms with van der Waals surface area (Å²) in [6, 6.07) is 8.88. The van der Waals surface area contributed by atoms with Gasteiger partial charge in [-0.2, -0.15) is 5.10 Å². The first-order chi connectivity index (χ1) is 10.4. The number of alkyl halides is 1. The van der Waals surface area contributed by atoms with Gasteiger partial charge in [0.1, 0.15) is 11.2 Å². The fourth-order valence-corrected chi connectivity index (χ4v) is 1.95. The minimum Gasteiger partial charge on any atom is -0.325 e. The van der Waals surface area contributed by atoms with Gasteiger partial charge in [-0.1, -0.05) is 0 Å². The largest absolute Gasteiger partial charge is 0.325 e. The van der Waals surface area contributed by atoms with Gasteiger partial charge >= 0.3 is 0 Å². The third-order valence-electron chi connectivity index (χ3n) is 2.88. The highest BCUT2D eigenvalue weighted by Gasteiger charge is 2.11. The van der Waals surface area contributed by atoms with Crippen LogP contribution >= 0.6 is 11.6 Å². The Morgan fingerprint density at radius 1 is 1.23 bits per heavy atom. The van der Waals surface area contributed by atoms with Crippen LogP contribution in [0.25, 0.3) is 5.69 Å². The first-order valence-electron chi connectivity index (χ1n) is 6.76. The predicted molar refractivity (Wildman–Crippen MR) is 86.5 cm³/mol. The van der Waals surface area contributed by atoms with E-state index in [1.807, 2.05) is 6.92 Å². The monoisotopic (exact) mass is 320 g/mol. The van der Waals surface area contributed by atoms with Gasteiger partial charge in [0.2, 0.25) is 11.8 Å². The summed E-state index contributed by atoms with van der Waals surface area (Å²) >= 11 is 5.71. The number of aromatic nitrogens is 2. The Bertz CT molecular complexity index is 692. The maximum Gasteiger partial charge on any atom is 0.242 e. The van der Waals surface area contributed by atoms with Crippen molar-refractivity contribution in [3.05, 3.63) is 36.0 Å². The molecule has 22 heavy (non-hydrogen) atoms. The van der Waals surface area contributed by atoms with E-state index in [4.69, 9.17) is 11.6 Å². The van der Waals surface area contributed by atoms with Gasteiger partial charge in [-0.15, -0.1) is 11.6 Å². The van der Waals surface area contributed by atoms with Crippen LogP contribution in [0.3, 0.4) is 0 Å². The van der Waals surface area contributed by atoms with E-state index < -0.39 is 5.38 Å². The molecule has 6 nitrogen and oxygen atoms in total. The number of nitrogens with one attached hydrogen (secondary N) is 2. The number of anilines is 2. The van der Waals surface area contributed by atoms with Crippen molar-refractivity contribution in [1.82, 2.24) is 9.78 Å². The van der Waals surface area contributed by atoms with E-state index in [1.165, 1.54) is 6.92 Å². The molecule has 1 heterocycles. The molecule has 0 aliphatic heterocycles. The van der Waals surface area contributed by atoms with Crippen LogP contribution in [0.5, 0.6) is 0 Å². The second kappa shape index (κ2) is 6.62. The van der Waals surface area contributed by atoms with E-state index in [9.17, 15) is 9.59 Å². The smallest absolute Gasteiger partial charge is 0.242 e. The molecule has 0 radical (unpaired) electrons. The van der Waals surface area contributed by atoms with E-state index in [0.29, 0.717) is 11.5 Å². The number of nitrogens with zero attached hydrogens (tertiary/aromatic N) is 2. The van der Waals surface area contributed by atoms with Crippen LogP contribution < -0.4 is 10.6 Å². The number of hydrogen-bond acceptors (Lipinski definition) is 3. The normalized spacial score (nSPS) is 11.8. The summed E-state index contributed by atoms with van der Waals surface area (Å²) in [6.45, 7) is 4.90. The summed E-state index contributed by atoms with van der Waals surface area (Å²) in [5.41, 5.74) is 2.21. The van der Waals surface area contributed by atoms with Crippen molar-refractivity contribution in [1.29, 1.82) is 0 Å². The molecular formula is C15H17ClN4O2. The highest BCUT2D eigenvalue weighted by molar-refractivity contribution is 6.32. The number of aryl methyl sites for hydroxylation is 1. The number of rotatable bonds is 4. The fraction of sp³-hybridized carbons (Fsp3) is 0.267. The van der Waals surface area contributed by atoms with Crippen LogP contribution in [-0.4, -0.2) is 27.0 Å². The van der Waals surface area contributed by atoms with Crippen molar-refractivity contribution < 1.29 is 9.59 Å². The van der Waals surface area contributed by atoms with Gasteiger partial charge in [0, 0.05) is 18.7 Å². The van der Waals surface area contributed by atoms with Gasteiger partial charge < -0.3 is 10.6 Å². The lowest BCUT2D eigenvalue weighted by atomic mass is 10.2. The Labute approximate surface area is 133 Å². The third kappa shape index (κ3) is 3.85. The van der Waals surface area contributed by atoms with Gasteiger partial charge in [0.05, 0.1) is 11.4 Å². The first-order valence-corrected chi connectivity index (χ1v) is 7.20. The lowest BCUT2D eigenvalue weighted by Gasteiger charge is -2.10. The molecule has 2 N–H and O–H groups in total. The van der Waals surface area contributed by atoms with Crippen molar-refractivity contribution >= 4 is 34.9 Å². The highest BCUT2D eigenvalue weighted by atomic mass is 35.5. The molecular weight excluding hydrogens is 304 g/mol. The van der Waals surface area contributed by atoms with Crippen LogP contribution in [0.2, 0.25) is 0 Å². The minimum absolute atomic E-state index is 0.166. The summed E-state index contributed by atoms with van der Waals surface area (Å²) < 4.78 is 1.63. The maximum absolute atomic E-state index is 11.5. The van der Waals surface area contributed by atoms with Gasteiger partial charge in [-0.25, -0.2) is 4.68 Å². The Morgan fingerprint density at radius 3 is 2.41 bits per heavy atom. The van der Waals surface area contributed by atoms with Crippen molar-refractivity contribution in [3.63, 3.8) is 0 Å². The minimum atomic E-state index is -0.597. The Morgan fingerprint density at radius 2 is 1.86 bits per heavy atom. The Hall–Kier alpha value is -2.34. The van der Waals surface area contributed by atoms with Crippen LogP contribution in [0.1, 0.15) is 19.5 Å². The van der Waals surface area contributed by atoms with Gasteiger partial charge in [-0.3, -0.25) is 9.59 Å². The van der Waals surface area contributed by atoms with E-state index in [2.05, 4.69) is 15.7 Å².